The molecule has 0 spiro atoms. The van der Waals surface area contributed by atoms with E-state index >= 15 is 0 Å². The number of carboxylic acid groups (broad SMARTS) is 1. The van der Waals surface area contributed by atoms with E-state index in [1.54, 1.807) is 0 Å². The molecule has 0 amide bonds. The lowest BCUT2D eigenvalue weighted by atomic mass is 10.1. The number of hydrogen-bond acceptors (Lipinski definition) is 3. The molecule has 1 rings (SSSR count). The lowest BCUT2D eigenvalue weighted by molar-refractivity contribution is -0.136. The molecule has 0 fully saturated rings. The minimum Gasteiger partial charge on any atom is -0.481 e. The lowest BCUT2D eigenvalue weighted by Gasteiger charge is -2.31. The largest absolute Gasteiger partial charge is 0.481 e. The predicted molar refractivity (Wildman–Crippen MR) is 76.7 cm³/mol. The number of carbonyl (C=O) groups is 1. The number of aliphatic carboxylic acids is 1. The molecule has 0 aromatic heterocycles. The Kier molecular flexibility index (Phi) is 6.36. The van der Waals surface area contributed by atoms with E-state index in [9.17, 15) is 4.79 Å². The van der Waals surface area contributed by atoms with Crippen molar-refractivity contribution < 1.29 is 14.6 Å². The quantitative estimate of drug-likeness (QED) is 0.785. The second-order valence-corrected chi connectivity index (χ2v) is 4.68. The van der Waals surface area contributed by atoms with Gasteiger partial charge in [0, 0.05) is 24.9 Å². The number of hydrogen-bond donors (Lipinski definition) is 1. The summed E-state index contributed by atoms with van der Waals surface area (Å²) in [6, 6.07) is 8.29. The fraction of sp³-hybridized carbons (Fsp3) is 0.533. The second-order valence-electron chi connectivity index (χ2n) is 4.68. The normalized spacial score (nSPS) is 12.2. The van der Waals surface area contributed by atoms with Crippen molar-refractivity contribution in [2.24, 2.45) is 0 Å². The molecule has 0 saturated carbocycles. The standard InChI is InChI=1S/C15H23NO3/c1-4-19-11-13(3)16(10-9-15(17)18)14-7-5-12(2)6-8-14/h5-8,13H,4,9-11H2,1-3H3,(H,17,18). The zero-order chi connectivity index (χ0) is 14.3. The Morgan fingerprint density at radius 3 is 2.53 bits per heavy atom. The number of aryl methyl sites for hydroxylation is 1. The van der Waals surface area contributed by atoms with E-state index in [-0.39, 0.29) is 12.5 Å². The summed E-state index contributed by atoms with van der Waals surface area (Å²) in [7, 11) is 0. The van der Waals surface area contributed by atoms with Crippen LogP contribution in [-0.2, 0) is 9.53 Å². The van der Waals surface area contributed by atoms with Crippen LogP contribution in [0.25, 0.3) is 0 Å². The topological polar surface area (TPSA) is 49.8 Å². The average Bonchev–Trinajstić information content (AvgIpc) is 2.38. The third-order valence-corrected chi connectivity index (χ3v) is 3.03. The molecular formula is C15H23NO3. The monoisotopic (exact) mass is 265 g/mol. The molecule has 4 heteroatoms. The van der Waals surface area contributed by atoms with Crippen molar-refractivity contribution in [3.05, 3.63) is 29.8 Å². The lowest BCUT2D eigenvalue weighted by Crippen LogP contribution is -2.38. The molecule has 1 aromatic carbocycles. The van der Waals surface area contributed by atoms with Gasteiger partial charge in [-0.3, -0.25) is 4.79 Å². The number of anilines is 1. The van der Waals surface area contributed by atoms with Crippen molar-refractivity contribution in [2.45, 2.75) is 33.2 Å². The number of nitrogens with zero attached hydrogens (tertiary/aromatic N) is 1. The van der Waals surface area contributed by atoms with Crippen LogP contribution in [0.15, 0.2) is 24.3 Å². The van der Waals surface area contributed by atoms with Gasteiger partial charge in [0.15, 0.2) is 0 Å². The van der Waals surface area contributed by atoms with Crippen LogP contribution in [-0.4, -0.2) is 36.9 Å². The Labute approximate surface area is 115 Å². The number of ether oxygens (including phenoxy) is 1. The molecular weight excluding hydrogens is 242 g/mol. The Morgan fingerprint density at radius 2 is 2.00 bits per heavy atom. The molecule has 0 aliphatic carbocycles. The highest BCUT2D eigenvalue weighted by molar-refractivity contribution is 5.67. The summed E-state index contributed by atoms with van der Waals surface area (Å²) in [5, 5.41) is 8.85. The van der Waals surface area contributed by atoms with E-state index in [2.05, 4.69) is 11.8 Å². The van der Waals surface area contributed by atoms with Crippen molar-refractivity contribution in [3.63, 3.8) is 0 Å². The molecule has 1 unspecified atom stereocenters. The highest BCUT2D eigenvalue weighted by Crippen LogP contribution is 2.18. The number of rotatable bonds is 8. The first kappa shape index (κ1) is 15.5. The van der Waals surface area contributed by atoms with Gasteiger partial charge in [-0.1, -0.05) is 17.7 Å². The van der Waals surface area contributed by atoms with Gasteiger partial charge in [-0.05, 0) is 32.9 Å². The molecule has 106 valence electrons. The van der Waals surface area contributed by atoms with E-state index in [0.717, 1.165) is 5.69 Å². The predicted octanol–water partition coefficient (Wildman–Crippen LogP) is 2.70. The summed E-state index contributed by atoms with van der Waals surface area (Å²) in [5.74, 6) is -0.777. The minimum absolute atomic E-state index is 0.129. The van der Waals surface area contributed by atoms with Gasteiger partial charge < -0.3 is 14.7 Å². The van der Waals surface area contributed by atoms with Crippen LogP contribution in [0.3, 0.4) is 0 Å². The van der Waals surface area contributed by atoms with Crippen LogP contribution in [0.4, 0.5) is 5.69 Å². The van der Waals surface area contributed by atoms with Gasteiger partial charge >= 0.3 is 5.97 Å². The van der Waals surface area contributed by atoms with E-state index < -0.39 is 5.97 Å². The Hall–Kier alpha value is -1.55. The van der Waals surface area contributed by atoms with Crippen LogP contribution in [0.5, 0.6) is 0 Å². The molecule has 1 aromatic rings. The third-order valence-electron chi connectivity index (χ3n) is 3.03. The second kappa shape index (κ2) is 7.79. The summed E-state index contributed by atoms with van der Waals surface area (Å²) >= 11 is 0. The SMILES string of the molecule is CCOCC(C)N(CCC(=O)O)c1ccc(C)cc1. The molecule has 0 saturated heterocycles. The first-order chi connectivity index (χ1) is 9.04. The molecule has 0 bridgehead atoms. The zero-order valence-corrected chi connectivity index (χ0v) is 11.9. The first-order valence-electron chi connectivity index (χ1n) is 6.67. The number of carboxylic acids is 1. The maximum absolute atomic E-state index is 10.8. The Bertz CT molecular complexity index is 389. The van der Waals surface area contributed by atoms with E-state index in [1.165, 1.54) is 5.56 Å². The van der Waals surface area contributed by atoms with Crippen LogP contribution < -0.4 is 4.90 Å². The highest BCUT2D eigenvalue weighted by Gasteiger charge is 2.15. The molecule has 4 nitrogen and oxygen atoms in total. The van der Waals surface area contributed by atoms with E-state index in [1.807, 2.05) is 38.1 Å². The maximum atomic E-state index is 10.8. The van der Waals surface area contributed by atoms with Crippen LogP contribution in [0, 0.1) is 6.92 Å². The minimum atomic E-state index is -0.777. The third kappa shape index (κ3) is 5.30. The molecule has 0 aliphatic rings. The van der Waals surface area contributed by atoms with E-state index in [4.69, 9.17) is 9.84 Å². The highest BCUT2D eigenvalue weighted by atomic mass is 16.5. The number of benzene rings is 1. The molecule has 0 radical (unpaired) electrons. The molecule has 1 N–H and O–H groups in total. The summed E-state index contributed by atoms with van der Waals surface area (Å²) in [6.07, 6.45) is 0.129. The summed E-state index contributed by atoms with van der Waals surface area (Å²) in [4.78, 5) is 12.9. The Balaban J connectivity index is 2.78. The van der Waals surface area contributed by atoms with Crippen LogP contribution >= 0.6 is 0 Å². The van der Waals surface area contributed by atoms with Crippen molar-refractivity contribution >= 4 is 11.7 Å². The summed E-state index contributed by atoms with van der Waals surface area (Å²) < 4.78 is 5.44. The van der Waals surface area contributed by atoms with Gasteiger partial charge in [0.1, 0.15) is 0 Å². The first-order valence-corrected chi connectivity index (χ1v) is 6.67. The summed E-state index contributed by atoms with van der Waals surface area (Å²) in [5.41, 5.74) is 2.23. The average molecular weight is 265 g/mol. The van der Waals surface area contributed by atoms with Crippen molar-refractivity contribution in [1.29, 1.82) is 0 Å². The van der Waals surface area contributed by atoms with Crippen molar-refractivity contribution in [1.82, 2.24) is 0 Å². The van der Waals surface area contributed by atoms with Gasteiger partial charge in [-0.2, -0.15) is 0 Å². The molecule has 0 heterocycles. The fourth-order valence-corrected chi connectivity index (χ4v) is 1.93. The van der Waals surface area contributed by atoms with Crippen LogP contribution in [0.2, 0.25) is 0 Å². The van der Waals surface area contributed by atoms with Crippen LogP contribution in [0.1, 0.15) is 25.8 Å². The van der Waals surface area contributed by atoms with Crippen molar-refractivity contribution in [3.8, 4) is 0 Å². The van der Waals surface area contributed by atoms with Gasteiger partial charge in [0.05, 0.1) is 13.0 Å². The van der Waals surface area contributed by atoms with Gasteiger partial charge in [-0.15, -0.1) is 0 Å². The molecule has 1 atom stereocenters. The summed E-state index contributed by atoms with van der Waals surface area (Å²) in [6.45, 7) is 7.81. The smallest absolute Gasteiger partial charge is 0.305 e. The van der Waals surface area contributed by atoms with Crippen molar-refractivity contribution in [2.75, 3.05) is 24.7 Å². The zero-order valence-electron chi connectivity index (χ0n) is 11.9. The molecule has 19 heavy (non-hydrogen) atoms. The Morgan fingerprint density at radius 1 is 1.37 bits per heavy atom. The van der Waals surface area contributed by atoms with E-state index in [0.29, 0.717) is 19.8 Å². The maximum Gasteiger partial charge on any atom is 0.305 e. The molecule has 0 aliphatic heterocycles. The van der Waals surface area contributed by atoms with Gasteiger partial charge in [0.25, 0.3) is 0 Å². The van der Waals surface area contributed by atoms with Gasteiger partial charge in [-0.25, -0.2) is 0 Å². The van der Waals surface area contributed by atoms with Gasteiger partial charge in [0.2, 0.25) is 0 Å². The fourth-order valence-electron chi connectivity index (χ4n) is 1.93.